The Bertz CT molecular complexity index is 774. The smallest absolute Gasteiger partial charge is 0.288 e. The summed E-state index contributed by atoms with van der Waals surface area (Å²) in [6, 6.07) is 7.81. The Morgan fingerprint density at radius 2 is 2.30 bits per heavy atom. The zero-order chi connectivity index (χ0) is 13.9. The summed E-state index contributed by atoms with van der Waals surface area (Å²) in [4.78, 5) is 19.2. The summed E-state index contributed by atoms with van der Waals surface area (Å²) in [7, 11) is 0. The second-order valence-corrected chi connectivity index (χ2v) is 5.17. The first-order chi connectivity index (χ1) is 9.75. The number of thiazole rings is 1. The average Bonchev–Trinajstić information content (AvgIpc) is 3.08. The van der Waals surface area contributed by atoms with Crippen LogP contribution in [0.4, 0.5) is 0 Å². The number of rotatable bonds is 3. The van der Waals surface area contributed by atoms with Gasteiger partial charge in [-0.15, -0.1) is 11.3 Å². The van der Waals surface area contributed by atoms with Crippen LogP contribution in [0.3, 0.4) is 0 Å². The number of carbonyl (C=O) groups excluding carboxylic acids is 1. The molecule has 1 aromatic carbocycles. The maximum atomic E-state index is 12.1. The van der Waals surface area contributed by atoms with Crippen LogP contribution in [0.25, 0.3) is 10.9 Å². The summed E-state index contributed by atoms with van der Waals surface area (Å²) in [6.45, 7) is 1.91. The molecular weight excluding hydrogens is 272 g/mol. The van der Waals surface area contributed by atoms with Crippen LogP contribution in [0.5, 0.6) is 0 Å². The number of aromatic nitrogens is 2. The molecule has 0 atom stereocenters. The Morgan fingerprint density at radius 3 is 3.05 bits per heavy atom. The molecule has 0 radical (unpaired) electrons. The third kappa shape index (κ3) is 2.33. The highest BCUT2D eigenvalue weighted by Gasteiger charge is 2.13. The van der Waals surface area contributed by atoms with Crippen LogP contribution in [0, 0.1) is 6.92 Å². The first-order valence-electron chi connectivity index (χ1n) is 6.06. The molecule has 5 nitrogen and oxygen atoms in total. The van der Waals surface area contributed by atoms with Crippen molar-refractivity contribution in [2.24, 2.45) is 5.10 Å². The van der Waals surface area contributed by atoms with Crippen LogP contribution in [0.2, 0.25) is 0 Å². The van der Waals surface area contributed by atoms with Crippen molar-refractivity contribution < 1.29 is 4.79 Å². The molecule has 0 fully saturated rings. The second-order valence-electron chi connectivity index (χ2n) is 4.24. The fourth-order valence-electron chi connectivity index (χ4n) is 2.01. The van der Waals surface area contributed by atoms with E-state index < -0.39 is 0 Å². The van der Waals surface area contributed by atoms with Crippen molar-refractivity contribution in [3.63, 3.8) is 0 Å². The van der Waals surface area contributed by atoms with Crippen molar-refractivity contribution in [2.75, 3.05) is 0 Å². The predicted molar refractivity (Wildman–Crippen MR) is 80.2 cm³/mol. The molecule has 0 aliphatic rings. The number of hydrogen-bond donors (Lipinski definition) is 2. The van der Waals surface area contributed by atoms with Crippen molar-refractivity contribution in [3.05, 3.63) is 52.1 Å². The Kier molecular flexibility index (Phi) is 3.30. The molecule has 1 amide bonds. The Morgan fingerprint density at radius 1 is 1.45 bits per heavy atom. The molecule has 0 spiro atoms. The number of amides is 1. The van der Waals surface area contributed by atoms with Crippen LogP contribution in [0.1, 0.15) is 21.1 Å². The standard InChI is InChI=1S/C14H12N4OS/c1-9-10-4-2-3-5-11(10)17-13(9)14(19)18-16-8-12-15-6-7-20-12/h2-8,17H,1H3,(H,18,19)/b16-8-. The lowest BCUT2D eigenvalue weighted by atomic mass is 10.1. The number of fused-ring (bicyclic) bond motifs is 1. The van der Waals surface area contributed by atoms with Gasteiger partial charge in [0.1, 0.15) is 10.7 Å². The van der Waals surface area contributed by atoms with E-state index >= 15 is 0 Å². The molecule has 2 heterocycles. The summed E-state index contributed by atoms with van der Waals surface area (Å²) in [5.41, 5.74) is 4.90. The van der Waals surface area contributed by atoms with Crippen LogP contribution in [0.15, 0.2) is 40.9 Å². The number of para-hydroxylation sites is 1. The van der Waals surface area contributed by atoms with E-state index in [2.05, 4.69) is 20.5 Å². The number of hydrazone groups is 1. The summed E-state index contributed by atoms with van der Waals surface area (Å²) in [5.74, 6) is -0.258. The van der Waals surface area contributed by atoms with Crippen LogP contribution < -0.4 is 5.43 Å². The van der Waals surface area contributed by atoms with E-state index in [1.807, 2.05) is 36.6 Å². The minimum Gasteiger partial charge on any atom is -0.350 e. The molecule has 0 saturated carbocycles. The van der Waals surface area contributed by atoms with E-state index in [0.29, 0.717) is 5.69 Å². The number of aromatic amines is 1. The Labute approximate surface area is 119 Å². The van der Waals surface area contributed by atoms with Gasteiger partial charge in [-0.2, -0.15) is 5.10 Å². The lowest BCUT2D eigenvalue weighted by Crippen LogP contribution is -2.18. The number of benzene rings is 1. The van der Waals surface area contributed by atoms with E-state index in [4.69, 9.17) is 0 Å². The van der Waals surface area contributed by atoms with E-state index in [0.717, 1.165) is 21.5 Å². The maximum Gasteiger partial charge on any atom is 0.288 e. The van der Waals surface area contributed by atoms with Gasteiger partial charge in [0, 0.05) is 22.5 Å². The summed E-state index contributed by atoms with van der Waals surface area (Å²) in [5, 5.41) is 7.55. The van der Waals surface area contributed by atoms with Gasteiger partial charge >= 0.3 is 0 Å². The van der Waals surface area contributed by atoms with Crippen molar-refractivity contribution in [1.82, 2.24) is 15.4 Å². The largest absolute Gasteiger partial charge is 0.350 e. The summed E-state index contributed by atoms with van der Waals surface area (Å²) < 4.78 is 0. The zero-order valence-electron chi connectivity index (χ0n) is 10.8. The number of H-pyrrole nitrogens is 1. The molecule has 3 rings (SSSR count). The topological polar surface area (TPSA) is 70.1 Å². The first-order valence-corrected chi connectivity index (χ1v) is 6.94. The van der Waals surface area contributed by atoms with Gasteiger partial charge in [-0.05, 0) is 18.6 Å². The van der Waals surface area contributed by atoms with Crippen LogP contribution in [-0.4, -0.2) is 22.1 Å². The molecule has 100 valence electrons. The van der Waals surface area contributed by atoms with E-state index in [9.17, 15) is 4.79 Å². The highest BCUT2D eigenvalue weighted by atomic mass is 32.1. The molecule has 2 N–H and O–H groups in total. The van der Waals surface area contributed by atoms with E-state index in [-0.39, 0.29) is 5.91 Å². The molecule has 3 aromatic rings. The Balaban J connectivity index is 1.80. The number of hydrogen-bond acceptors (Lipinski definition) is 4. The van der Waals surface area contributed by atoms with Crippen LogP contribution >= 0.6 is 11.3 Å². The molecule has 6 heteroatoms. The molecule has 0 unspecified atom stereocenters. The van der Waals surface area contributed by atoms with Crippen LogP contribution in [-0.2, 0) is 0 Å². The van der Waals surface area contributed by atoms with Crippen molar-refractivity contribution in [2.45, 2.75) is 6.92 Å². The fourth-order valence-corrected chi connectivity index (χ4v) is 2.51. The molecule has 0 bridgehead atoms. The number of nitrogens with zero attached hydrogens (tertiary/aromatic N) is 2. The first kappa shape index (κ1) is 12.6. The van der Waals surface area contributed by atoms with Gasteiger partial charge in [-0.1, -0.05) is 18.2 Å². The van der Waals surface area contributed by atoms with Gasteiger partial charge in [-0.25, -0.2) is 10.4 Å². The van der Waals surface area contributed by atoms with E-state index in [1.54, 1.807) is 6.20 Å². The maximum absolute atomic E-state index is 12.1. The van der Waals surface area contributed by atoms with Gasteiger partial charge in [-0.3, -0.25) is 4.79 Å². The summed E-state index contributed by atoms with van der Waals surface area (Å²) >= 11 is 1.46. The molecule has 20 heavy (non-hydrogen) atoms. The van der Waals surface area contributed by atoms with Crippen molar-refractivity contribution >= 4 is 34.4 Å². The predicted octanol–water partition coefficient (Wildman–Crippen LogP) is 2.70. The Hall–Kier alpha value is -2.47. The third-order valence-electron chi connectivity index (χ3n) is 2.99. The normalized spacial score (nSPS) is 11.2. The van der Waals surface area contributed by atoms with E-state index in [1.165, 1.54) is 17.6 Å². The lowest BCUT2D eigenvalue weighted by molar-refractivity contribution is 0.0950. The van der Waals surface area contributed by atoms with Gasteiger partial charge < -0.3 is 4.98 Å². The monoisotopic (exact) mass is 284 g/mol. The third-order valence-corrected chi connectivity index (χ3v) is 3.70. The van der Waals surface area contributed by atoms with Crippen molar-refractivity contribution in [3.8, 4) is 0 Å². The number of nitrogens with one attached hydrogen (secondary N) is 2. The quantitative estimate of drug-likeness (QED) is 0.573. The number of carbonyl (C=O) groups is 1. The average molecular weight is 284 g/mol. The molecule has 0 aliphatic carbocycles. The molecule has 2 aromatic heterocycles. The van der Waals surface area contributed by atoms with Crippen molar-refractivity contribution in [1.29, 1.82) is 0 Å². The second kappa shape index (κ2) is 5.26. The highest BCUT2D eigenvalue weighted by molar-refractivity contribution is 7.11. The lowest BCUT2D eigenvalue weighted by Gasteiger charge is -1.97. The van der Waals surface area contributed by atoms with Gasteiger partial charge in [0.15, 0.2) is 0 Å². The highest BCUT2D eigenvalue weighted by Crippen LogP contribution is 2.20. The minimum atomic E-state index is -0.258. The zero-order valence-corrected chi connectivity index (χ0v) is 11.6. The van der Waals surface area contributed by atoms with Gasteiger partial charge in [0.25, 0.3) is 5.91 Å². The fraction of sp³-hybridized carbons (Fsp3) is 0.0714. The van der Waals surface area contributed by atoms with Gasteiger partial charge in [0.2, 0.25) is 0 Å². The summed E-state index contributed by atoms with van der Waals surface area (Å²) in [6.07, 6.45) is 3.22. The minimum absolute atomic E-state index is 0.258. The molecule has 0 aliphatic heterocycles. The molecular formula is C14H12N4OS. The van der Waals surface area contributed by atoms with Gasteiger partial charge in [0.05, 0.1) is 6.21 Å². The number of aryl methyl sites for hydroxylation is 1. The molecule has 0 saturated heterocycles. The SMILES string of the molecule is Cc1c(C(=O)N/N=C\c2nccs2)[nH]c2ccccc12.